The van der Waals surface area contributed by atoms with Crippen LogP contribution in [0.2, 0.25) is 0 Å². The van der Waals surface area contributed by atoms with Crippen LogP contribution in [-0.4, -0.2) is 25.6 Å². The van der Waals surface area contributed by atoms with Crippen molar-refractivity contribution in [3.05, 3.63) is 47.9 Å². The van der Waals surface area contributed by atoms with E-state index in [0.717, 1.165) is 0 Å². The van der Waals surface area contributed by atoms with E-state index in [-0.39, 0.29) is 12.2 Å². The molecule has 0 fully saturated rings. The molecule has 0 saturated heterocycles. The zero-order chi connectivity index (χ0) is 17.5. The molecule has 1 amide bonds. The van der Waals surface area contributed by atoms with Gasteiger partial charge in [-0.25, -0.2) is 0 Å². The van der Waals surface area contributed by atoms with Gasteiger partial charge in [0, 0.05) is 12.4 Å². The minimum Gasteiger partial charge on any atom is -0.550 e. The van der Waals surface area contributed by atoms with Gasteiger partial charge in [0.25, 0.3) is 5.91 Å². The van der Waals surface area contributed by atoms with E-state index in [4.69, 9.17) is 13.9 Å². The number of carbonyl (C=O) groups is 2. The molecule has 128 valence electrons. The number of amides is 1. The Morgan fingerprint density at radius 2 is 2.08 bits per heavy atom. The molecular formula is C17H18NO6-. The average Bonchev–Trinajstić information content (AvgIpc) is 3.09. The second-order valence-corrected chi connectivity index (χ2v) is 4.92. The standard InChI is InChI=1S/C17H19NO6/c1-3-23-13-7-6-11(9-15(13)22-2)12(10-16(19)20)18-17(21)14-5-4-8-24-14/h4-9,12H,3,10H2,1-2H3,(H,18,21)(H,19,20)/p-1/t12-/m0/s1. The van der Waals surface area contributed by atoms with Crippen LogP contribution < -0.4 is 19.9 Å². The van der Waals surface area contributed by atoms with Gasteiger partial charge in [0.1, 0.15) is 0 Å². The van der Waals surface area contributed by atoms with E-state index in [2.05, 4.69) is 5.32 Å². The summed E-state index contributed by atoms with van der Waals surface area (Å²) in [4.78, 5) is 23.2. The first-order valence-electron chi connectivity index (χ1n) is 7.40. The van der Waals surface area contributed by atoms with Crippen LogP contribution in [0, 0.1) is 0 Å². The number of methoxy groups -OCH3 is 1. The normalized spacial score (nSPS) is 11.6. The number of rotatable bonds is 8. The molecule has 1 aromatic carbocycles. The Morgan fingerprint density at radius 1 is 1.29 bits per heavy atom. The second kappa shape index (κ2) is 8.05. The maximum atomic E-state index is 12.1. The van der Waals surface area contributed by atoms with Gasteiger partial charge in [-0.15, -0.1) is 0 Å². The van der Waals surface area contributed by atoms with E-state index in [0.29, 0.717) is 23.7 Å². The molecule has 2 rings (SSSR count). The van der Waals surface area contributed by atoms with Crippen LogP contribution in [0.15, 0.2) is 41.0 Å². The van der Waals surface area contributed by atoms with Crippen LogP contribution in [0.1, 0.15) is 35.5 Å². The van der Waals surface area contributed by atoms with E-state index >= 15 is 0 Å². The van der Waals surface area contributed by atoms with Crippen molar-refractivity contribution in [1.82, 2.24) is 5.32 Å². The summed E-state index contributed by atoms with van der Waals surface area (Å²) in [6.45, 7) is 2.31. The van der Waals surface area contributed by atoms with E-state index in [9.17, 15) is 14.7 Å². The maximum Gasteiger partial charge on any atom is 0.287 e. The monoisotopic (exact) mass is 332 g/mol. The number of hydrogen-bond acceptors (Lipinski definition) is 6. The lowest BCUT2D eigenvalue weighted by Gasteiger charge is -2.20. The molecule has 24 heavy (non-hydrogen) atoms. The van der Waals surface area contributed by atoms with Gasteiger partial charge in [-0.05, 0) is 36.8 Å². The molecule has 0 spiro atoms. The van der Waals surface area contributed by atoms with Gasteiger partial charge < -0.3 is 29.1 Å². The van der Waals surface area contributed by atoms with Crippen molar-refractivity contribution in [3.8, 4) is 11.5 Å². The average molecular weight is 332 g/mol. The SMILES string of the molecule is CCOc1ccc([C@H](CC(=O)[O-])NC(=O)c2ccco2)cc1OC. The summed E-state index contributed by atoms with van der Waals surface area (Å²) in [5.74, 6) is -0.721. The molecule has 1 N–H and O–H groups in total. The quantitative estimate of drug-likeness (QED) is 0.782. The summed E-state index contributed by atoms with van der Waals surface area (Å²) in [6.07, 6.45) is 0.978. The number of carbonyl (C=O) groups excluding carboxylic acids is 2. The largest absolute Gasteiger partial charge is 0.550 e. The summed E-state index contributed by atoms with van der Waals surface area (Å²) >= 11 is 0. The van der Waals surface area contributed by atoms with Crippen molar-refractivity contribution >= 4 is 11.9 Å². The summed E-state index contributed by atoms with van der Waals surface area (Å²) in [6, 6.07) is 7.23. The first-order chi connectivity index (χ1) is 11.5. The van der Waals surface area contributed by atoms with Crippen molar-refractivity contribution in [2.24, 2.45) is 0 Å². The Labute approximate surface area is 139 Å². The summed E-state index contributed by atoms with van der Waals surface area (Å²) < 4.78 is 15.7. The van der Waals surface area contributed by atoms with Gasteiger partial charge in [0.05, 0.1) is 26.0 Å². The number of benzene rings is 1. The van der Waals surface area contributed by atoms with Crippen molar-refractivity contribution in [2.75, 3.05) is 13.7 Å². The summed E-state index contributed by atoms with van der Waals surface area (Å²) in [7, 11) is 1.48. The number of carboxylic acid groups (broad SMARTS) is 1. The molecule has 0 aliphatic heterocycles. The predicted molar refractivity (Wildman–Crippen MR) is 82.7 cm³/mol. The van der Waals surface area contributed by atoms with Crippen molar-refractivity contribution in [3.63, 3.8) is 0 Å². The van der Waals surface area contributed by atoms with E-state index in [1.165, 1.54) is 19.4 Å². The molecule has 0 bridgehead atoms. The van der Waals surface area contributed by atoms with Crippen LogP contribution in [-0.2, 0) is 4.79 Å². The van der Waals surface area contributed by atoms with E-state index < -0.39 is 17.9 Å². The molecule has 0 saturated carbocycles. The fraction of sp³-hybridized carbons (Fsp3) is 0.294. The van der Waals surface area contributed by atoms with Gasteiger partial charge in [0.15, 0.2) is 17.3 Å². The zero-order valence-electron chi connectivity index (χ0n) is 13.4. The number of ether oxygens (including phenoxy) is 2. The number of furan rings is 1. The van der Waals surface area contributed by atoms with E-state index in [1.54, 1.807) is 24.3 Å². The molecule has 2 aromatic rings. The third kappa shape index (κ3) is 4.28. The fourth-order valence-electron chi connectivity index (χ4n) is 2.23. The summed E-state index contributed by atoms with van der Waals surface area (Å²) in [5.41, 5.74) is 0.555. The molecule has 0 aliphatic carbocycles. The van der Waals surface area contributed by atoms with Crippen molar-refractivity contribution in [1.29, 1.82) is 0 Å². The lowest BCUT2D eigenvalue weighted by Crippen LogP contribution is -2.34. The Balaban J connectivity index is 2.26. The van der Waals surface area contributed by atoms with Crippen molar-refractivity contribution in [2.45, 2.75) is 19.4 Å². The molecular weight excluding hydrogens is 314 g/mol. The zero-order valence-corrected chi connectivity index (χ0v) is 13.4. The van der Waals surface area contributed by atoms with Crippen LogP contribution in [0.5, 0.6) is 11.5 Å². The highest BCUT2D eigenvalue weighted by molar-refractivity contribution is 5.91. The smallest absolute Gasteiger partial charge is 0.287 e. The van der Waals surface area contributed by atoms with Gasteiger partial charge in [0.2, 0.25) is 0 Å². The highest BCUT2D eigenvalue weighted by Crippen LogP contribution is 2.31. The van der Waals surface area contributed by atoms with Gasteiger partial charge >= 0.3 is 0 Å². The second-order valence-electron chi connectivity index (χ2n) is 4.92. The van der Waals surface area contributed by atoms with Gasteiger partial charge in [-0.1, -0.05) is 6.07 Å². The highest BCUT2D eigenvalue weighted by atomic mass is 16.5. The number of hydrogen-bond donors (Lipinski definition) is 1. The van der Waals surface area contributed by atoms with Crippen LogP contribution in [0.4, 0.5) is 0 Å². The van der Waals surface area contributed by atoms with Crippen LogP contribution >= 0.6 is 0 Å². The fourth-order valence-corrected chi connectivity index (χ4v) is 2.23. The molecule has 0 radical (unpaired) electrons. The van der Waals surface area contributed by atoms with E-state index in [1.807, 2.05) is 6.92 Å². The molecule has 1 heterocycles. The minimum atomic E-state index is -1.28. The van der Waals surface area contributed by atoms with Gasteiger partial charge in [-0.3, -0.25) is 4.79 Å². The Kier molecular flexibility index (Phi) is 5.83. The van der Waals surface area contributed by atoms with Gasteiger partial charge in [-0.2, -0.15) is 0 Å². The maximum absolute atomic E-state index is 12.1. The third-order valence-electron chi connectivity index (χ3n) is 3.31. The molecule has 7 heteroatoms. The highest BCUT2D eigenvalue weighted by Gasteiger charge is 2.19. The first kappa shape index (κ1) is 17.4. The van der Waals surface area contributed by atoms with Crippen LogP contribution in [0.25, 0.3) is 0 Å². The number of nitrogens with one attached hydrogen (secondary N) is 1. The Morgan fingerprint density at radius 3 is 2.67 bits per heavy atom. The Hall–Kier alpha value is -2.96. The first-order valence-corrected chi connectivity index (χ1v) is 7.40. The topological polar surface area (TPSA) is 101 Å². The minimum absolute atomic E-state index is 0.0937. The summed E-state index contributed by atoms with van der Waals surface area (Å²) in [5, 5.41) is 13.7. The lowest BCUT2D eigenvalue weighted by molar-refractivity contribution is -0.306. The third-order valence-corrected chi connectivity index (χ3v) is 3.31. The predicted octanol–water partition coefficient (Wildman–Crippen LogP) is 1.30. The molecule has 0 unspecified atom stereocenters. The van der Waals surface area contributed by atoms with Crippen LogP contribution in [0.3, 0.4) is 0 Å². The molecule has 1 atom stereocenters. The molecule has 1 aromatic heterocycles. The number of carboxylic acids is 1. The molecule has 7 nitrogen and oxygen atoms in total. The lowest BCUT2D eigenvalue weighted by atomic mass is 10.0. The molecule has 0 aliphatic rings. The number of aliphatic carboxylic acids is 1. The van der Waals surface area contributed by atoms with Crippen molar-refractivity contribution < 1.29 is 28.6 Å². The Bertz CT molecular complexity index is 695.